The standard InChI is InChI=1S/C19H23N3O2/c20-19(24)16-4-1-14(2-5-16)13-22-9-7-17-11-15(3-6-18(17)22)12-21-8-10-23/h1-6,11,21,23H,7-10,12-13H2,(H2,20,24). The molecule has 0 saturated carbocycles. The zero-order valence-corrected chi connectivity index (χ0v) is 13.7. The molecular weight excluding hydrogens is 302 g/mol. The van der Waals surface area contributed by atoms with E-state index in [9.17, 15) is 4.79 Å². The van der Waals surface area contributed by atoms with Gasteiger partial charge in [-0.1, -0.05) is 24.3 Å². The number of aliphatic hydroxyl groups excluding tert-OH is 1. The molecule has 0 saturated heterocycles. The fourth-order valence-electron chi connectivity index (χ4n) is 3.10. The maximum absolute atomic E-state index is 11.1. The normalized spacial score (nSPS) is 13.1. The number of hydrogen-bond acceptors (Lipinski definition) is 4. The molecule has 3 rings (SSSR count). The van der Waals surface area contributed by atoms with E-state index in [0.29, 0.717) is 12.1 Å². The number of primary amides is 1. The fraction of sp³-hybridized carbons (Fsp3) is 0.316. The largest absolute Gasteiger partial charge is 0.395 e. The molecule has 0 radical (unpaired) electrons. The van der Waals surface area contributed by atoms with E-state index in [2.05, 4.69) is 28.4 Å². The SMILES string of the molecule is NC(=O)c1ccc(CN2CCc3cc(CNCCO)ccc32)cc1. The highest BCUT2D eigenvalue weighted by atomic mass is 16.3. The first-order valence-electron chi connectivity index (χ1n) is 8.24. The second-order valence-electron chi connectivity index (χ2n) is 6.10. The molecular formula is C19H23N3O2. The molecule has 0 aliphatic carbocycles. The lowest BCUT2D eigenvalue weighted by atomic mass is 10.1. The highest BCUT2D eigenvalue weighted by Crippen LogP contribution is 2.30. The van der Waals surface area contributed by atoms with Gasteiger partial charge in [0, 0.05) is 37.4 Å². The van der Waals surface area contributed by atoms with E-state index < -0.39 is 5.91 Å². The first-order valence-corrected chi connectivity index (χ1v) is 8.24. The van der Waals surface area contributed by atoms with Crippen molar-refractivity contribution in [3.63, 3.8) is 0 Å². The van der Waals surface area contributed by atoms with Crippen molar-refractivity contribution in [2.75, 3.05) is 24.6 Å². The van der Waals surface area contributed by atoms with Crippen molar-refractivity contribution in [2.24, 2.45) is 5.73 Å². The maximum Gasteiger partial charge on any atom is 0.248 e. The smallest absolute Gasteiger partial charge is 0.248 e. The number of anilines is 1. The second-order valence-corrected chi connectivity index (χ2v) is 6.10. The van der Waals surface area contributed by atoms with Gasteiger partial charge in [-0.15, -0.1) is 0 Å². The summed E-state index contributed by atoms with van der Waals surface area (Å²) in [5, 5.41) is 12.0. The number of rotatable bonds is 7. The van der Waals surface area contributed by atoms with E-state index in [1.54, 1.807) is 12.1 Å². The molecule has 0 atom stereocenters. The summed E-state index contributed by atoms with van der Waals surface area (Å²) in [6.07, 6.45) is 1.04. The van der Waals surface area contributed by atoms with Crippen molar-refractivity contribution in [3.05, 3.63) is 64.7 Å². The predicted octanol–water partition coefficient (Wildman–Crippen LogP) is 1.43. The number of nitrogens with one attached hydrogen (secondary N) is 1. The predicted molar refractivity (Wildman–Crippen MR) is 94.9 cm³/mol. The van der Waals surface area contributed by atoms with Gasteiger partial charge >= 0.3 is 0 Å². The summed E-state index contributed by atoms with van der Waals surface area (Å²) >= 11 is 0. The molecule has 0 fully saturated rings. The van der Waals surface area contributed by atoms with Crippen LogP contribution in [-0.2, 0) is 19.5 Å². The monoisotopic (exact) mass is 325 g/mol. The summed E-state index contributed by atoms with van der Waals surface area (Å²) in [6.45, 7) is 3.38. The van der Waals surface area contributed by atoms with Crippen molar-refractivity contribution >= 4 is 11.6 Å². The van der Waals surface area contributed by atoms with Gasteiger partial charge in [0.15, 0.2) is 0 Å². The molecule has 4 N–H and O–H groups in total. The summed E-state index contributed by atoms with van der Waals surface area (Å²) in [4.78, 5) is 13.5. The maximum atomic E-state index is 11.1. The third-order valence-electron chi connectivity index (χ3n) is 4.37. The highest BCUT2D eigenvalue weighted by Gasteiger charge is 2.19. The zero-order valence-electron chi connectivity index (χ0n) is 13.7. The van der Waals surface area contributed by atoms with Gasteiger partial charge in [0.2, 0.25) is 5.91 Å². The quantitative estimate of drug-likeness (QED) is 0.673. The van der Waals surface area contributed by atoms with Crippen LogP contribution < -0.4 is 16.0 Å². The molecule has 0 aromatic heterocycles. The third kappa shape index (κ3) is 3.75. The van der Waals surface area contributed by atoms with Crippen LogP contribution >= 0.6 is 0 Å². The molecule has 126 valence electrons. The van der Waals surface area contributed by atoms with Gasteiger partial charge in [-0.2, -0.15) is 0 Å². The number of hydrogen-bond donors (Lipinski definition) is 3. The Balaban J connectivity index is 1.67. The lowest BCUT2D eigenvalue weighted by molar-refractivity contribution is 0.100. The molecule has 2 aromatic carbocycles. The van der Waals surface area contributed by atoms with Crippen LogP contribution in [-0.4, -0.2) is 30.7 Å². The Kier molecular flexibility index (Phi) is 5.13. The van der Waals surface area contributed by atoms with E-state index in [1.165, 1.54) is 22.4 Å². The molecule has 1 amide bonds. The van der Waals surface area contributed by atoms with Gasteiger partial charge in [-0.25, -0.2) is 0 Å². The van der Waals surface area contributed by atoms with Gasteiger partial charge in [-0.05, 0) is 41.3 Å². The van der Waals surface area contributed by atoms with Crippen LogP contribution in [0.15, 0.2) is 42.5 Å². The molecule has 24 heavy (non-hydrogen) atoms. The van der Waals surface area contributed by atoms with Gasteiger partial charge in [0.05, 0.1) is 6.61 Å². The third-order valence-corrected chi connectivity index (χ3v) is 4.37. The van der Waals surface area contributed by atoms with E-state index in [1.807, 2.05) is 12.1 Å². The molecule has 0 spiro atoms. The summed E-state index contributed by atoms with van der Waals surface area (Å²) in [5.74, 6) is -0.393. The van der Waals surface area contributed by atoms with Crippen molar-refractivity contribution in [1.82, 2.24) is 5.32 Å². The summed E-state index contributed by atoms with van der Waals surface area (Å²) in [5.41, 5.74) is 10.9. The molecule has 5 nitrogen and oxygen atoms in total. The number of aliphatic hydroxyl groups is 1. The van der Waals surface area contributed by atoms with Crippen LogP contribution in [0, 0.1) is 0 Å². The lowest BCUT2D eigenvalue weighted by Crippen LogP contribution is -2.20. The molecule has 1 aliphatic heterocycles. The first-order chi connectivity index (χ1) is 11.7. The van der Waals surface area contributed by atoms with Crippen molar-refractivity contribution < 1.29 is 9.90 Å². The summed E-state index contributed by atoms with van der Waals surface area (Å²) < 4.78 is 0. The Bertz CT molecular complexity index is 713. The number of carbonyl (C=O) groups is 1. The van der Waals surface area contributed by atoms with Gasteiger partial charge in [0.1, 0.15) is 0 Å². The van der Waals surface area contributed by atoms with Crippen molar-refractivity contribution in [2.45, 2.75) is 19.5 Å². The number of fused-ring (bicyclic) bond motifs is 1. The minimum absolute atomic E-state index is 0.160. The molecule has 0 unspecified atom stereocenters. The minimum Gasteiger partial charge on any atom is -0.395 e. The summed E-state index contributed by atoms with van der Waals surface area (Å²) in [6, 6.07) is 14.1. The molecule has 1 aliphatic rings. The Morgan fingerprint density at radius 1 is 1.17 bits per heavy atom. The Labute approximate surface area is 142 Å². The number of carbonyl (C=O) groups excluding carboxylic acids is 1. The highest BCUT2D eigenvalue weighted by molar-refractivity contribution is 5.92. The molecule has 5 heteroatoms. The van der Waals surface area contributed by atoms with E-state index >= 15 is 0 Å². The van der Waals surface area contributed by atoms with Crippen LogP contribution in [0.2, 0.25) is 0 Å². The van der Waals surface area contributed by atoms with E-state index in [4.69, 9.17) is 10.8 Å². The van der Waals surface area contributed by atoms with Gasteiger partial charge < -0.3 is 21.1 Å². The Hall–Kier alpha value is -2.37. The zero-order chi connectivity index (χ0) is 16.9. The number of nitrogens with zero attached hydrogens (tertiary/aromatic N) is 1. The molecule has 1 heterocycles. The van der Waals surface area contributed by atoms with Gasteiger partial charge in [-0.3, -0.25) is 4.79 Å². The fourth-order valence-corrected chi connectivity index (χ4v) is 3.10. The van der Waals surface area contributed by atoms with Crippen molar-refractivity contribution in [1.29, 1.82) is 0 Å². The van der Waals surface area contributed by atoms with E-state index in [-0.39, 0.29) is 6.61 Å². The summed E-state index contributed by atoms with van der Waals surface area (Å²) in [7, 11) is 0. The van der Waals surface area contributed by atoms with E-state index in [0.717, 1.165) is 26.1 Å². The first kappa shape index (κ1) is 16.5. The Morgan fingerprint density at radius 3 is 2.62 bits per heavy atom. The lowest BCUT2D eigenvalue weighted by Gasteiger charge is -2.20. The Morgan fingerprint density at radius 2 is 1.92 bits per heavy atom. The topological polar surface area (TPSA) is 78.6 Å². The average Bonchev–Trinajstić information content (AvgIpc) is 2.98. The average molecular weight is 325 g/mol. The van der Waals surface area contributed by atoms with Crippen LogP contribution in [0.1, 0.15) is 27.0 Å². The van der Waals surface area contributed by atoms with Crippen LogP contribution in [0.4, 0.5) is 5.69 Å². The van der Waals surface area contributed by atoms with Gasteiger partial charge in [0.25, 0.3) is 0 Å². The second kappa shape index (κ2) is 7.47. The minimum atomic E-state index is -0.393. The van der Waals surface area contributed by atoms with Crippen LogP contribution in [0.3, 0.4) is 0 Å². The number of nitrogens with two attached hydrogens (primary N) is 1. The number of benzene rings is 2. The van der Waals surface area contributed by atoms with Crippen LogP contribution in [0.5, 0.6) is 0 Å². The molecule has 0 bridgehead atoms. The molecule has 2 aromatic rings. The number of amides is 1. The van der Waals surface area contributed by atoms with Crippen molar-refractivity contribution in [3.8, 4) is 0 Å². The van der Waals surface area contributed by atoms with Crippen LogP contribution in [0.25, 0.3) is 0 Å².